The largest absolute Gasteiger partial charge is 0.489 e. The first kappa shape index (κ1) is 10.3. The van der Waals surface area contributed by atoms with Crippen LogP contribution in [0, 0.1) is 6.92 Å². The fourth-order valence-corrected chi connectivity index (χ4v) is 1.28. The number of halogens is 3. The minimum Gasteiger partial charge on any atom is -0.489 e. The standard InChI is InChI=1S/C10H10F3NO/c1-6-8(10(11,12)13)4-14-5-9(6)15-7-2-3-7/h4-5,7H,2-3H2,1H3. The molecule has 0 aliphatic heterocycles. The van der Waals surface area contributed by atoms with Gasteiger partial charge in [0, 0.05) is 11.8 Å². The third-order valence-corrected chi connectivity index (χ3v) is 2.29. The van der Waals surface area contributed by atoms with Crippen molar-refractivity contribution in [3.63, 3.8) is 0 Å². The van der Waals surface area contributed by atoms with Crippen LogP contribution in [0.4, 0.5) is 13.2 Å². The third kappa shape index (κ3) is 2.22. The van der Waals surface area contributed by atoms with Crippen LogP contribution in [-0.4, -0.2) is 11.1 Å². The number of alkyl halides is 3. The first-order valence-corrected chi connectivity index (χ1v) is 4.67. The Labute approximate surface area is 85.1 Å². The van der Waals surface area contributed by atoms with E-state index in [9.17, 15) is 13.2 Å². The molecule has 0 aromatic carbocycles. The first-order chi connectivity index (χ1) is 6.98. The van der Waals surface area contributed by atoms with E-state index in [0.717, 1.165) is 19.0 Å². The molecule has 82 valence electrons. The highest BCUT2D eigenvalue weighted by Crippen LogP contribution is 2.36. The molecule has 1 heterocycles. The van der Waals surface area contributed by atoms with Crippen LogP contribution in [0.3, 0.4) is 0 Å². The van der Waals surface area contributed by atoms with Gasteiger partial charge in [0.2, 0.25) is 0 Å². The molecule has 0 radical (unpaired) electrons. The Hall–Kier alpha value is -1.26. The zero-order chi connectivity index (χ0) is 11.1. The Kier molecular flexibility index (Phi) is 2.32. The smallest absolute Gasteiger partial charge is 0.418 e. The lowest BCUT2D eigenvalue weighted by atomic mass is 10.1. The van der Waals surface area contributed by atoms with E-state index in [0.29, 0.717) is 0 Å². The summed E-state index contributed by atoms with van der Waals surface area (Å²) in [6.45, 7) is 1.40. The van der Waals surface area contributed by atoms with Gasteiger partial charge >= 0.3 is 6.18 Å². The van der Waals surface area contributed by atoms with Crippen molar-refractivity contribution >= 4 is 0 Å². The van der Waals surface area contributed by atoms with Gasteiger partial charge in [0.25, 0.3) is 0 Å². The molecule has 5 heteroatoms. The SMILES string of the molecule is Cc1c(OC2CC2)cncc1C(F)(F)F. The summed E-state index contributed by atoms with van der Waals surface area (Å²) in [5, 5.41) is 0. The van der Waals surface area contributed by atoms with Gasteiger partial charge in [0.1, 0.15) is 5.75 Å². The molecule has 1 saturated carbocycles. The summed E-state index contributed by atoms with van der Waals surface area (Å²) in [4.78, 5) is 3.55. The summed E-state index contributed by atoms with van der Waals surface area (Å²) in [5.41, 5.74) is -0.606. The zero-order valence-electron chi connectivity index (χ0n) is 8.14. The Morgan fingerprint density at radius 3 is 2.53 bits per heavy atom. The van der Waals surface area contributed by atoms with E-state index in [-0.39, 0.29) is 17.4 Å². The van der Waals surface area contributed by atoms with Crippen LogP contribution in [0.2, 0.25) is 0 Å². The van der Waals surface area contributed by atoms with Crippen molar-refractivity contribution in [1.82, 2.24) is 4.98 Å². The van der Waals surface area contributed by atoms with Crippen molar-refractivity contribution in [3.8, 4) is 5.75 Å². The molecule has 1 fully saturated rings. The average molecular weight is 217 g/mol. The fourth-order valence-electron chi connectivity index (χ4n) is 1.28. The van der Waals surface area contributed by atoms with E-state index in [2.05, 4.69) is 4.98 Å². The molecule has 15 heavy (non-hydrogen) atoms. The van der Waals surface area contributed by atoms with Crippen molar-refractivity contribution in [2.75, 3.05) is 0 Å². The summed E-state index contributed by atoms with van der Waals surface area (Å²) >= 11 is 0. The van der Waals surface area contributed by atoms with Gasteiger partial charge in [0.05, 0.1) is 17.9 Å². The number of hydrogen-bond acceptors (Lipinski definition) is 2. The minimum absolute atomic E-state index is 0.0778. The molecule has 0 amide bonds. The lowest BCUT2D eigenvalue weighted by Gasteiger charge is -2.13. The maximum Gasteiger partial charge on any atom is 0.418 e. The average Bonchev–Trinajstić information content (AvgIpc) is 2.90. The van der Waals surface area contributed by atoms with Gasteiger partial charge in [-0.05, 0) is 19.8 Å². The Morgan fingerprint density at radius 2 is 2.00 bits per heavy atom. The number of rotatable bonds is 2. The Balaban J connectivity index is 2.31. The summed E-state index contributed by atoms with van der Waals surface area (Å²) < 4.78 is 42.8. The second kappa shape index (κ2) is 3.40. The van der Waals surface area contributed by atoms with Gasteiger partial charge < -0.3 is 4.74 Å². The minimum atomic E-state index is -4.36. The summed E-state index contributed by atoms with van der Waals surface area (Å²) in [7, 11) is 0. The molecule has 1 aliphatic carbocycles. The first-order valence-electron chi connectivity index (χ1n) is 4.67. The van der Waals surface area contributed by atoms with Crippen LogP contribution < -0.4 is 4.74 Å². The molecule has 1 aromatic rings. The molecule has 0 spiro atoms. The molecule has 0 unspecified atom stereocenters. The van der Waals surface area contributed by atoms with Gasteiger partial charge in [-0.25, -0.2) is 0 Å². The summed E-state index contributed by atoms with van der Waals surface area (Å²) in [6, 6.07) is 0. The van der Waals surface area contributed by atoms with Gasteiger partial charge in [-0.15, -0.1) is 0 Å². The van der Waals surface area contributed by atoms with Crippen molar-refractivity contribution in [3.05, 3.63) is 23.5 Å². The van der Waals surface area contributed by atoms with Crippen LogP contribution >= 0.6 is 0 Å². The molecule has 1 aromatic heterocycles. The molecule has 2 nitrogen and oxygen atoms in total. The van der Waals surface area contributed by atoms with Crippen LogP contribution in [0.15, 0.2) is 12.4 Å². The highest BCUT2D eigenvalue weighted by atomic mass is 19.4. The Morgan fingerprint density at radius 1 is 1.33 bits per heavy atom. The number of ether oxygens (including phenoxy) is 1. The number of nitrogens with zero attached hydrogens (tertiary/aromatic N) is 1. The topological polar surface area (TPSA) is 22.1 Å². The van der Waals surface area contributed by atoms with E-state index >= 15 is 0 Å². The normalized spacial score (nSPS) is 16.5. The third-order valence-electron chi connectivity index (χ3n) is 2.29. The van der Waals surface area contributed by atoms with Crippen molar-refractivity contribution < 1.29 is 17.9 Å². The molecular formula is C10H10F3NO. The van der Waals surface area contributed by atoms with E-state index in [4.69, 9.17) is 4.74 Å². The van der Waals surface area contributed by atoms with Crippen LogP contribution in [0.5, 0.6) is 5.75 Å². The second-order valence-electron chi connectivity index (χ2n) is 3.63. The molecule has 0 bridgehead atoms. The van der Waals surface area contributed by atoms with Crippen molar-refractivity contribution in [2.24, 2.45) is 0 Å². The number of pyridine rings is 1. The van der Waals surface area contributed by atoms with E-state index in [1.54, 1.807) is 0 Å². The van der Waals surface area contributed by atoms with Gasteiger partial charge in [-0.1, -0.05) is 0 Å². The molecule has 0 atom stereocenters. The van der Waals surface area contributed by atoms with Crippen LogP contribution in [0.25, 0.3) is 0 Å². The quantitative estimate of drug-likeness (QED) is 0.759. The van der Waals surface area contributed by atoms with Crippen molar-refractivity contribution in [2.45, 2.75) is 32.0 Å². The zero-order valence-corrected chi connectivity index (χ0v) is 8.14. The maximum absolute atomic E-state index is 12.5. The van der Waals surface area contributed by atoms with E-state index < -0.39 is 11.7 Å². The highest BCUT2D eigenvalue weighted by Gasteiger charge is 2.34. The van der Waals surface area contributed by atoms with Gasteiger partial charge in [-0.3, -0.25) is 4.98 Å². The van der Waals surface area contributed by atoms with Crippen LogP contribution in [-0.2, 0) is 6.18 Å². The van der Waals surface area contributed by atoms with E-state index in [1.807, 2.05) is 0 Å². The van der Waals surface area contributed by atoms with Gasteiger partial charge in [-0.2, -0.15) is 13.2 Å². The molecule has 1 aliphatic rings. The lowest BCUT2D eigenvalue weighted by Crippen LogP contribution is -2.10. The van der Waals surface area contributed by atoms with Crippen LogP contribution in [0.1, 0.15) is 24.0 Å². The molecular weight excluding hydrogens is 207 g/mol. The molecule has 0 N–H and O–H groups in total. The monoisotopic (exact) mass is 217 g/mol. The number of aromatic nitrogens is 1. The lowest BCUT2D eigenvalue weighted by molar-refractivity contribution is -0.138. The second-order valence-corrected chi connectivity index (χ2v) is 3.63. The van der Waals surface area contributed by atoms with Crippen molar-refractivity contribution in [1.29, 1.82) is 0 Å². The molecule has 0 saturated heterocycles. The predicted octanol–water partition coefficient (Wildman–Crippen LogP) is 2.95. The summed E-state index contributed by atoms with van der Waals surface area (Å²) in [5.74, 6) is 0.243. The predicted molar refractivity (Wildman–Crippen MR) is 47.6 cm³/mol. The fraction of sp³-hybridized carbons (Fsp3) is 0.500. The van der Waals surface area contributed by atoms with Gasteiger partial charge in [0.15, 0.2) is 0 Å². The molecule has 2 rings (SSSR count). The van der Waals surface area contributed by atoms with E-state index in [1.165, 1.54) is 13.1 Å². The highest BCUT2D eigenvalue weighted by molar-refractivity contribution is 5.37. The number of hydrogen-bond donors (Lipinski definition) is 0. The summed E-state index contributed by atoms with van der Waals surface area (Å²) in [6.07, 6.45) is -0.294. The Bertz CT molecular complexity index is 371. The maximum atomic E-state index is 12.5.